The van der Waals surface area contributed by atoms with E-state index in [1.54, 1.807) is 12.1 Å². The zero-order valence-electron chi connectivity index (χ0n) is 17.0. The second-order valence-corrected chi connectivity index (χ2v) is 8.58. The maximum atomic E-state index is 12.7. The lowest BCUT2D eigenvalue weighted by atomic mass is 10.00. The minimum Gasteiger partial charge on any atom is -0.455 e. The molecule has 0 spiro atoms. The van der Waals surface area contributed by atoms with E-state index in [1.165, 1.54) is 0 Å². The van der Waals surface area contributed by atoms with E-state index in [2.05, 4.69) is 0 Å². The van der Waals surface area contributed by atoms with Crippen LogP contribution in [0.3, 0.4) is 0 Å². The summed E-state index contributed by atoms with van der Waals surface area (Å²) in [6, 6.07) is 13.1. The number of rotatable bonds is 2. The molecule has 2 fully saturated rings. The normalized spacial score (nSPS) is 23.1. The Morgan fingerprint density at radius 1 is 1.06 bits per heavy atom. The molecule has 10 heteroatoms. The first-order valence-electron chi connectivity index (χ1n) is 10.4. The number of piperazine rings is 1. The van der Waals surface area contributed by atoms with Crippen LogP contribution in [0.15, 0.2) is 42.5 Å². The van der Waals surface area contributed by atoms with Crippen molar-refractivity contribution in [2.24, 2.45) is 0 Å². The van der Waals surface area contributed by atoms with E-state index in [1.807, 2.05) is 40.3 Å². The van der Waals surface area contributed by atoms with E-state index in [0.29, 0.717) is 36.8 Å². The van der Waals surface area contributed by atoms with E-state index in [0.717, 1.165) is 21.9 Å². The van der Waals surface area contributed by atoms with Crippen LogP contribution in [0.25, 0.3) is 0 Å². The van der Waals surface area contributed by atoms with E-state index in [-0.39, 0.29) is 25.2 Å². The summed E-state index contributed by atoms with van der Waals surface area (Å²) in [5.74, 6) is -0.371. The molecule has 0 aromatic heterocycles. The number of halogens is 4. The van der Waals surface area contributed by atoms with Crippen LogP contribution in [0.1, 0.15) is 18.0 Å². The number of fused-ring (bicyclic) bond motifs is 5. The second kappa shape index (κ2) is 8.13. The number of hydrogen-bond donors (Lipinski definition) is 0. The van der Waals surface area contributed by atoms with Crippen molar-refractivity contribution >= 4 is 23.2 Å². The molecule has 3 aliphatic rings. The summed E-state index contributed by atoms with van der Waals surface area (Å²) >= 11 is 6.24. The number of benzene rings is 2. The Hall–Kier alpha value is -2.49. The lowest BCUT2D eigenvalue weighted by Crippen LogP contribution is -2.53. The molecule has 0 saturated carbocycles. The lowest BCUT2D eigenvalue weighted by molar-refractivity contribution is -0.187. The number of carbonyl (C=O) groups is 1. The first-order valence-corrected chi connectivity index (χ1v) is 10.8. The van der Waals surface area contributed by atoms with Crippen molar-refractivity contribution in [3.05, 3.63) is 53.1 Å². The van der Waals surface area contributed by atoms with Gasteiger partial charge < -0.3 is 9.64 Å². The molecule has 0 bridgehead atoms. The Bertz CT molecular complexity index is 1030. The summed E-state index contributed by atoms with van der Waals surface area (Å²) in [6.45, 7) is 1.39. The first-order chi connectivity index (χ1) is 15.3. The van der Waals surface area contributed by atoms with Crippen LogP contribution >= 0.6 is 11.6 Å². The van der Waals surface area contributed by atoms with Gasteiger partial charge in [0.1, 0.15) is 17.5 Å². The molecule has 2 aromatic carbocycles. The third-order valence-corrected chi connectivity index (χ3v) is 6.29. The summed E-state index contributed by atoms with van der Waals surface area (Å²) in [6.07, 6.45) is -4.31. The van der Waals surface area contributed by atoms with Crippen LogP contribution in [0, 0.1) is 0 Å². The van der Waals surface area contributed by atoms with Crippen LogP contribution < -0.4 is 9.80 Å². The molecule has 170 valence electrons. The summed E-state index contributed by atoms with van der Waals surface area (Å²) < 4.78 is 44.2. The van der Waals surface area contributed by atoms with Crippen molar-refractivity contribution in [3.63, 3.8) is 0 Å². The fraction of sp³-hybridized carbons (Fsp3) is 0.409. The van der Waals surface area contributed by atoms with Gasteiger partial charge in [-0.1, -0.05) is 29.8 Å². The molecule has 2 atom stereocenters. The molecule has 5 rings (SSSR count). The average molecular weight is 468 g/mol. The van der Waals surface area contributed by atoms with Crippen molar-refractivity contribution in [1.82, 2.24) is 9.80 Å². The highest BCUT2D eigenvalue weighted by molar-refractivity contribution is 6.31. The quantitative estimate of drug-likeness (QED) is 0.655. The Balaban J connectivity index is 1.31. The zero-order chi connectivity index (χ0) is 22.5. The number of amides is 1. The van der Waals surface area contributed by atoms with Crippen LogP contribution in [-0.2, 0) is 9.63 Å². The van der Waals surface area contributed by atoms with Gasteiger partial charge in [-0.15, -0.1) is 0 Å². The molecule has 3 aliphatic heterocycles. The minimum atomic E-state index is -4.83. The van der Waals surface area contributed by atoms with E-state index >= 15 is 0 Å². The molecule has 0 radical (unpaired) electrons. The topological polar surface area (TPSA) is 45.2 Å². The maximum Gasteiger partial charge on any atom is 0.471 e. The van der Waals surface area contributed by atoms with E-state index in [9.17, 15) is 18.0 Å². The Morgan fingerprint density at radius 3 is 2.56 bits per heavy atom. The van der Waals surface area contributed by atoms with Crippen molar-refractivity contribution in [3.8, 4) is 11.5 Å². The molecule has 32 heavy (non-hydrogen) atoms. The molecule has 0 aliphatic carbocycles. The maximum absolute atomic E-state index is 12.7. The summed E-state index contributed by atoms with van der Waals surface area (Å²) in [7, 11) is 0. The van der Waals surface area contributed by atoms with Gasteiger partial charge in [-0.3, -0.25) is 14.5 Å². The molecule has 2 aromatic rings. The summed E-state index contributed by atoms with van der Waals surface area (Å²) in [5.41, 5.74) is 1.74. The minimum absolute atomic E-state index is 0.0489. The second-order valence-electron chi connectivity index (χ2n) is 8.15. The number of hydroxylamine groups is 1. The number of nitrogens with zero attached hydrogens (tertiary/aromatic N) is 3. The fourth-order valence-corrected chi connectivity index (χ4v) is 4.69. The highest BCUT2D eigenvalue weighted by Crippen LogP contribution is 2.49. The number of anilines is 1. The van der Waals surface area contributed by atoms with Crippen LogP contribution in [0.4, 0.5) is 18.9 Å². The number of hydrogen-bond acceptors (Lipinski definition) is 5. The van der Waals surface area contributed by atoms with Gasteiger partial charge in [0.15, 0.2) is 5.75 Å². The molecular weight excluding hydrogens is 447 g/mol. The molecule has 0 N–H and O–H groups in total. The Kier molecular flexibility index (Phi) is 5.43. The predicted octanol–water partition coefficient (Wildman–Crippen LogP) is 4.40. The smallest absolute Gasteiger partial charge is 0.455 e. The van der Waals surface area contributed by atoms with Gasteiger partial charge in [0.2, 0.25) is 0 Å². The largest absolute Gasteiger partial charge is 0.471 e. The standard InChI is InChI=1S/C22H21ClF3N3O3/c23-14-5-6-20-18(11-14)29-17(16-3-1-2-4-19(16)31-20)12-15(32-29)13-27-7-9-28(10-8-27)21(30)22(24,25)26/h1-6,11,15,17H,7-10,12-13H2/t15-,17-/m1/s1. The van der Waals surface area contributed by atoms with Crippen LogP contribution in [0.2, 0.25) is 5.02 Å². The summed E-state index contributed by atoms with van der Waals surface area (Å²) in [5, 5.41) is 2.40. The Labute approximate surface area is 188 Å². The molecule has 0 unspecified atom stereocenters. The van der Waals surface area contributed by atoms with Gasteiger partial charge in [0, 0.05) is 49.7 Å². The average Bonchev–Trinajstić information content (AvgIpc) is 3.13. The SMILES string of the molecule is O=C(N1CCN(C[C@H]2C[C@@H]3c4ccccc4Oc4ccc(Cl)cc4N3O2)CC1)C(F)(F)F. The predicted molar refractivity (Wildman–Crippen MR) is 112 cm³/mol. The number of ether oxygens (including phenoxy) is 1. The molecular formula is C22H21ClF3N3O3. The van der Waals surface area contributed by atoms with Crippen LogP contribution in [-0.4, -0.2) is 60.7 Å². The lowest BCUT2D eigenvalue weighted by Gasteiger charge is -2.35. The molecule has 6 nitrogen and oxygen atoms in total. The zero-order valence-corrected chi connectivity index (χ0v) is 17.8. The van der Waals surface area contributed by atoms with E-state index in [4.69, 9.17) is 21.2 Å². The van der Waals surface area contributed by atoms with Gasteiger partial charge in [-0.05, 0) is 24.3 Å². The fourth-order valence-electron chi connectivity index (χ4n) is 4.52. The molecule has 2 saturated heterocycles. The van der Waals surface area contributed by atoms with Gasteiger partial charge >= 0.3 is 12.1 Å². The van der Waals surface area contributed by atoms with Gasteiger partial charge in [0.25, 0.3) is 0 Å². The van der Waals surface area contributed by atoms with Crippen LogP contribution in [0.5, 0.6) is 11.5 Å². The number of carbonyl (C=O) groups excluding carboxylic acids is 1. The van der Waals surface area contributed by atoms with E-state index < -0.39 is 12.1 Å². The third kappa shape index (κ3) is 4.00. The summed E-state index contributed by atoms with van der Waals surface area (Å²) in [4.78, 5) is 20.7. The van der Waals surface area contributed by atoms with Gasteiger partial charge in [0.05, 0.1) is 6.04 Å². The highest BCUT2D eigenvalue weighted by Gasteiger charge is 2.44. The van der Waals surface area contributed by atoms with Gasteiger partial charge in [-0.2, -0.15) is 13.2 Å². The first kappa shape index (κ1) is 21.4. The molecule has 1 amide bonds. The monoisotopic (exact) mass is 467 g/mol. The highest BCUT2D eigenvalue weighted by atomic mass is 35.5. The Morgan fingerprint density at radius 2 is 1.81 bits per heavy atom. The van der Waals surface area contributed by atoms with Crippen molar-refractivity contribution in [2.45, 2.75) is 24.7 Å². The van der Waals surface area contributed by atoms with Crippen molar-refractivity contribution in [1.29, 1.82) is 0 Å². The van der Waals surface area contributed by atoms with Crippen molar-refractivity contribution in [2.75, 3.05) is 37.8 Å². The molecule has 3 heterocycles. The van der Waals surface area contributed by atoms with Gasteiger partial charge in [-0.25, -0.2) is 5.06 Å². The van der Waals surface area contributed by atoms with Crippen molar-refractivity contribution < 1.29 is 27.5 Å². The number of para-hydroxylation sites is 1. The third-order valence-electron chi connectivity index (χ3n) is 6.05. The number of alkyl halides is 3.